The smallest absolute Gasteiger partial charge is 0.303 e. The van der Waals surface area contributed by atoms with E-state index in [0.29, 0.717) is 30.0 Å². The number of amides is 1. The van der Waals surface area contributed by atoms with Crippen LogP contribution in [0.1, 0.15) is 73.1 Å². The molecule has 180 valence electrons. The van der Waals surface area contributed by atoms with Gasteiger partial charge in [0.2, 0.25) is 0 Å². The van der Waals surface area contributed by atoms with Gasteiger partial charge in [-0.05, 0) is 81.8 Å². The molecule has 3 saturated carbocycles. The van der Waals surface area contributed by atoms with Gasteiger partial charge in [-0.15, -0.1) is 0 Å². The number of esters is 1. The number of hydrogen-bond donors (Lipinski definition) is 1. The fourth-order valence-corrected chi connectivity index (χ4v) is 7.84. The van der Waals surface area contributed by atoms with Crippen LogP contribution in [0, 0.1) is 34.5 Å². The van der Waals surface area contributed by atoms with E-state index in [4.69, 9.17) is 4.74 Å². The molecule has 7 atom stereocenters. The van der Waals surface area contributed by atoms with Gasteiger partial charge in [0.25, 0.3) is 5.91 Å². The monoisotopic (exact) mass is 455 g/mol. The number of nitrogens with one attached hydrogen (secondary N) is 1. The number of hydrogen-bond acceptors (Lipinski definition) is 5. The zero-order valence-electron chi connectivity index (χ0n) is 20.5. The number of carbonyl (C=O) groups is 4. The van der Waals surface area contributed by atoms with Crippen LogP contribution in [0.4, 0.5) is 0 Å². The first-order valence-corrected chi connectivity index (χ1v) is 12.4. The summed E-state index contributed by atoms with van der Waals surface area (Å²) in [6.45, 7) is 9.55. The Morgan fingerprint density at radius 2 is 1.94 bits per heavy atom. The Hall–Kier alpha value is -2.24. The highest BCUT2D eigenvalue weighted by Gasteiger charge is 2.62. The third-order valence-corrected chi connectivity index (χ3v) is 9.40. The minimum Gasteiger partial charge on any atom is -0.456 e. The van der Waals surface area contributed by atoms with Gasteiger partial charge in [0.05, 0.1) is 0 Å². The zero-order chi connectivity index (χ0) is 24.1. The second kappa shape index (κ2) is 8.52. The lowest BCUT2D eigenvalue weighted by molar-refractivity contribution is -0.146. The molecule has 1 amide bonds. The normalized spacial score (nSPS) is 38.3. The number of ketones is 2. The zero-order valence-corrected chi connectivity index (χ0v) is 20.5. The lowest BCUT2D eigenvalue weighted by atomic mass is 9.46. The fourth-order valence-electron chi connectivity index (χ4n) is 7.84. The maximum Gasteiger partial charge on any atom is 0.303 e. The Kier molecular flexibility index (Phi) is 6.17. The summed E-state index contributed by atoms with van der Waals surface area (Å²) in [7, 11) is 0. The third-order valence-electron chi connectivity index (χ3n) is 9.40. The summed E-state index contributed by atoms with van der Waals surface area (Å²) in [6.07, 6.45) is 8.81. The quantitative estimate of drug-likeness (QED) is 0.634. The van der Waals surface area contributed by atoms with Crippen LogP contribution < -0.4 is 5.32 Å². The van der Waals surface area contributed by atoms with E-state index >= 15 is 0 Å². The molecule has 6 heteroatoms. The van der Waals surface area contributed by atoms with Gasteiger partial charge in [-0.2, -0.15) is 0 Å². The molecule has 0 aromatic carbocycles. The number of rotatable bonds is 5. The van der Waals surface area contributed by atoms with Crippen molar-refractivity contribution in [3.05, 3.63) is 23.3 Å². The minimum absolute atomic E-state index is 0.0990. The topological polar surface area (TPSA) is 89.5 Å². The number of fused-ring (bicyclic) bond motifs is 5. The molecular weight excluding hydrogens is 418 g/mol. The molecule has 0 heterocycles. The van der Waals surface area contributed by atoms with E-state index < -0.39 is 5.97 Å². The van der Waals surface area contributed by atoms with Crippen LogP contribution in [-0.4, -0.2) is 36.1 Å². The van der Waals surface area contributed by atoms with Crippen LogP contribution in [0.15, 0.2) is 23.3 Å². The summed E-state index contributed by atoms with van der Waals surface area (Å²) >= 11 is 0. The van der Waals surface area contributed by atoms with Crippen molar-refractivity contribution in [3.63, 3.8) is 0 Å². The van der Waals surface area contributed by atoms with E-state index in [1.165, 1.54) is 12.5 Å². The Labute approximate surface area is 196 Å². The average Bonchev–Trinajstić information content (AvgIpc) is 2.97. The highest BCUT2D eigenvalue weighted by molar-refractivity contribution is 6.02. The maximum absolute atomic E-state index is 13.3. The molecule has 0 spiro atoms. The van der Waals surface area contributed by atoms with Crippen molar-refractivity contribution in [3.8, 4) is 0 Å². The number of allylic oxidation sites excluding steroid dienone is 4. The third kappa shape index (κ3) is 4.00. The van der Waals surface area contributed by atoms with Gasteiger partial charge in [-0.3, -0.25) is 19.2 Å². The minimum atomic E-state index is -0.476. The second-order valence-electron chi connectivity index (χ2n) is 11.3. The summed E-state index contributed by atoms with van der Waals surface area (Å²) < 4.78 is 4.80. The van der Waals surface area contributed by atoms with Crippen LogP contribution >= 0.6 is 0 Å². The van der Waals surface area contributed by atoms with Gasteiger partial charge in [0.1, 0.15) is 5.78 Å². The Morgan fingerprint density at radius 1 is 1.21 bits per heavy atom. The SMILES string of the molecule is CC(=O)OCC(=O)N[C@@H](C)C[C@H]1CC(=O)[C@@]2(C)CC[C@H]3[C@@H](CCC4=CC(=O)C=C(C)[C@@]43C)[C@H]12. The van der Waals surface area contributed by atoms with Crippen LogP contribution in [0.2, 0.25) is 0 Å². The lowest BCUT2D eigenvalue weighted by Crippen LogP contribution is -2.52. The van der Waals surface area contributed by atoms with Crippen molar-refractivity contribution in [1.82, 2.24) is 5.32 Å². The molecule has 4 rings (SSSR count). The molecular formula is C27H37NO5. The Morgan fingerprint density at radius 3 is 2.64 bits per heavy atom. The summed E-state index contributed by atoms with van der Waals surface area (Å²) in [6, 6.07) is -0.0999. The fraction of sp³-hybridized carbons (Fsp3) is 0.704. The van der Waals surface area contributed by atoms with Crippen molar-refractivity contribution in [1.29, 1.82) is 0 Å². The van der Waals surface area contributed by atoms with Gasteiger partial charge in [-0.1, -0.05) is 25.0 Å². The van der Waals surface area contributed by atoms with Gasteiger partial charge in [-0.25, -0.2) is 0 Å². The van der Waals surface area contributed by atoms with E-state index in [2.05, 4.69) is 26.1 Å². The van der Waals surface area contributed by atoms with Crippen LogP contribution in [-0.2, 0) is 23.9 Å². The predicted molar refractivity (Wildman–Crippen MR) is 124 cm³/mol. The van der Waals surface area contributed by atoms with E-state index in [1.807, 2.05) is 13.0 Å². The molecule has 0 aromatic rings. The predicted octanol–water partition coefficient (Wildman–Crippen LogP) is 3.94. The van der Waals surface area contributed by atoms with Crippen molar-refractivity contribution < 1.29 is 23.9 Å². The first-order valence-electron chi connectivity index (χ1n) is 12.4. The molecule has 4 aliphatic carbocycles. The highest BCUT2D eigenvalue weighted by atomic mass is 16.5. The maximum atomic E-state index is 13.3. The highest BCUT2D eigenvalue weighted by Crippen LogP contribution is 2.66. The van der Waals surface area contributed by atoms with Crippen molar-refractivity contribution >= 4 is 23.4 Å². The number of carbonyl (C=O) groups excluding carboxylic acids is 4. The summed E-state index contributed by atoms with van der Waals surface area (Å²) in [5, 5.41) is 2.94. The second-order valence-corrected chi connectivity index (χ2v) is 11.3. The van der Waals surface area contributed by atoms with Gasteiger partial charge in [0.15, 0.2) is 12.4 Å². The van der Waals surface area contributed by atoms with E-state index in [0.717, 1.165) is 37.7 Å². The lowest BCUT2D eigenvalue weighted by Gasteiger charge is -2.58. The molecule has 0 bridgehead atoms. The van der Waals surface area contributed by atoms with Gasteiger partial charge < -0.3 is 10.1 Å². The molecule has 1 N–H and O–H groups in total. The molecule has 0 radical (unpaired) electrons. The Bertz CT molecular complexity index is 948. The van der Waals surface area contributed by atoms with Crippen LogP contribution in [0.3, 0.4) is 0 Å². The molecule has 4 aliphatic rings. The van der Waals surface area contributed by atoms with Crippen molar-refractivity contribution in [2.75, 3.05) is 6.61 Å². The molecule has 33 heavy (non-hydrogen) atoms. The molecule has 3 fully saturated rings. The first kappa shape index (κ1) is 23.9. The molecule has 6 nitrogen and oxygen atoms in total. The molecule has 0 aliphatic heterocycles. The first-order chi connectivity index (χ1) is 15.5. The number of Topliss-reactive ketones (excluding diaryl/α,β-unsaturated/α-hetero) is 1. The summed E-state index contributed by atoms with van der Waals surface area (Å²) in [5.41, 5.74) is 2.03. The largest absolute Gasteiger partial charge is 0.456 e. The summed E-state index contributed by atoms with van der Waals surface area (Å²) in [4.78, 5) is 48.6. The van der Waals surface area contributed by atoms with Crippen molar-refractivity contribution in [2.24, 2.45) is 34.5 Å². The van der Waals surface area contributed by atoms with E-state index in [-0.39, 0.29) is 41.1 Å². The average molecular weight is 456 g/mol. The van der Waals surface area contributed by atoms with Gasteiger partial charge >= 0.3 is 5.97 Å². The molecule has 0 saturated heterocycles. The van der Waals surface area contributed by atoms with Crippen molar-refractivity contribution in [2.45, 2.75) is 79.2 Å². The van der Waals surface area contributed by atoms with E-state index in [1.54, 1.807) is 6.08 Å². The van der Waals surface area contributed by atoms with E-state index in [9.17, 15) is 19.2 Å². The van der Waals surface area contributed by atoms with Crippen LogP contribution in [0.5, 0.6) is 0 Å². The Balaban J connectivity index is 1.54. The van der Waals surface area contributed by atoms with Gasteiger partial charge in [0, 0.05) is 30.2 Å². The molecule has 0 aromatic heterocycles. The summed E-state index contributed by atoms with van der Waals surface area (Å²) in [5.74, 6) is 1.07. The number of ether oxygens (including phenoxy) is 1. The standard InChI is InChI=1S/C27H37NO5/c1-15-10-20(30)13-19-6-7-21-22(27(15,19)5)8-9-26(4)23(31)12-18(25(21)26)11-16(2)28-24(32)14-33-17(3)29/h10,13,16,18,21-22,25H,6-9,11-12,14H2,1-5H3,(H,28,32)/t16-,18-,21+,22-,25-,26+,27-/m0/s1. The van der Waals surface area contributed by atoms with Crippen LogP contribution in [0.25, 0.3) is 0 Å². The molecule has 0 unspecified atom stereocenters.